The highest BCUT2D eigenvalue weighted by Crippen LogP contribution is 2.29. The van der Waals surface area contributed by atoms with Crippen LogP contribution in [0.1, 0.15) is 19.4 Å². The van der Waals surface area contributed by atoms with Gasteiger partial charge in [-0.3, -0.25) is 19.6 Å². The first kappa shape index (κ1) is 26.9. The number of allylic oxidation sites excluding steroid dienone is 1. The number of rotatable bonds is 7. The van der Waals surface area contributed by atoms with Gasteiger partial charge >= 0.3 is 0 Å². The Balaban J connectivity index is 1.19. The number of nitrogens with one attached hydrogen (secondary N) is 2. The first-order chi connectivity index (χ1) is 19.9. The number of morpholine rings is 1. The van der Waals surface area contributed by atoms with Gasteiger partial charge in [0.25, 0.3) is 0 Å². The second-order valence-electron chi connectivity index (χ2n) is 10.8. The molecule has 0 radical (unpaired) electrons. The van der Waals surface area contributed by atoms with E-state index in [1.807, 2.05) is 47.7 Å². The Labute approximate surface area is 237 Å². The van der Waals surface area contributed by atoms with Crippen molar-refractivity contribution in [3.05, 3.63) is 53.9 Å². The Hall–Kier alpha value is -4.29. The molecule has 0 bridgehead atoms. The van der Waals surface area contributed by atoms with Crippen LogP contribution < -0.4 is 10.2 Å². The van der Waals surface area contributed by atoms with Crippen LogP contribution in [0, 0.1) is 0 Å². The summed E-state index contributed by atoms with van der Waals surface area (Å²) in [5.74, 6) is 1.26. The molecule has 1 aromatic carbocycles. The summed E-state index contributed by atoms with van der Waals surface area (Å²) in [7, 11) is 0. The van der Waals surface area contributed by atoms with Crippen LogP contribution in [0.2, 0.25) is 0 Å². The molecule has 2 aliphatic rings. The molecule has 2 saturated heterocycles. The van der Waals surface area contributed by atoms with E-state index in [1.54, 1.807) is 0 Å². The van der Waals surface area contributed by atoms with Gasteiger partial charge in [-0.15, -0.1) is 5.10 Å². The molecule has 0 aliphatic carbocycles. The first-order valence-corrected chi connectivity index (χ1v) is 14.0. The zero-order chi connectivity index (χ0) is 28.3. The molecular weight excluding hydrogens is 522 g/mol. The van der Waals surface area contributed by atoms with Crippen LogP contribution in [0.3, 0.4) is 0 Å². The number of fused-ring (bicyclic) bond motifs is 2. The fourth-order valence-electron chi connectivity index (χ4n) is 5.41. The summed E-state index contributed by atoms with van der Waals surface area (Å²) in [5.41, 5.74) is 4.88. The molecule has 6 rings (SSSR count). The molecule has 12 nitrogen and oxygen atoms in total. The maximum atomic E-state index is 12.6. The molecule has 214 valence electrons. The number of hydrogen-bond acceptors (Lipinski definition) is 8. The van der Waals surface area contributed by atoms with Gasteiger partial charge in [-0.25, -0.2) is 9.50 Å². The van der Waals surface area contributed by atoms with Crippen molar-refractivity contribution < 1.29 is 14.3 Å². The Morgan fingerprint density at radius 1 is 1.10 bits per heavy atom. The molecule has 41 heavy (non-hydrogen) atoms. The largest absolute Gasteiger partial charge is 0.378 e. The number of anilines is 1. The Kier molecular flexibility index (Phi) is 7.66. The Morgan fingerprint density at radius 3 is 2.68 bits per heavy atom. The lowest BCUT2D eigenvalue weighted by atomic mass is 10.1. The van der Waals surface area contributed by atoms with Crippen molar-refractivity contribution in [2.75, 3.05) is 63.9 Å². The lowest BCUT2D eigenvalue weighted by molar-refractivity contribution is -0.133. The third-order valence-electron chi connectivity index (χ3n) is 7.50. The predicted molar refractivity (Wildman–Crippen MR) is 155 cm³/mol. The highest BCUT2D eigenvalue weighted by Gasteiger charge is 2.24. The third-order valence-corrected chi connectivity index (χ3v) is 7.50. The lowest BCUT2D eigenvalue weighted by Gasteiger charge is -2.34. The Bertz CT molecular complexity index is 1590. The molecule has 5 heterocycles. The number of amides is 2. The molecule has 2 amide bonds. The molecule has 2 fully saturated rings. The summed E-state index contributed by atoms with van der Waals surface area (Å²) < 4.78 is 7.55. The topological polar surface area (TPSA) is 124 Å². The molecule has 2 N–H and O–H groups in total. The minimum Gasteiger partial charge on any atom is -0.378 e. The van der Waals surface area contributed by atoms with Crippen molar-refractivity contribution in [3.63, 3.8) is 0 Å². The van der Waals surface area contributed by atoms with Crippen LogP contribution in [-0.4, -0.2) is 105 Å². The van der Waals surface area contributed by atoms with Crippen LogP contribution >= 0.6 is 0 Å². The first-order valence-electron chi connectivity index (χ1n) is 14.0. The number of aromatic nitrogens is 5. The predicted octanol–water partition coefficient (Wildman–Crippen LogP) is 1.84. The van der Waals surface area contributed by atoms with Gasteiger partial charge in [-0.05, 0) is 31.5 Å². The van der Waals surface area contributed by atoms with Crippen molar-refractivity contribution >= 4 is 34.1 Å². The van der Waals surface area contributed by atoms with Gasteiger partial charge in [-0.1, -0.05) is 17.7 Å². The van der Waals surface area contributed by atoms with E-state index in [9.17, 15) is 9.59 Å². The third kappa shape index (κ3) is 5.93. The molecule has 0 saturated carbocycles. The molecule has 12 heteroatoms. The van der Waals surface area contributed by atoms with Crippen LogP contribution in [0.25, 0.3) is 27.8 Å². The summed E-state index contributed by atoms with van der Waals surface area (Å²) in [6.45, 7) is 10.1. The fourth-order valence-corrected chi connectivity index (χ4v) is 5.41. The fraction of sp³-hybridized carbons (Fsp3) is 0.414. The number of carbonyl (C=O) groups excluding carboxylic acids is 2. The monoisotopic (exact) mass is 557 g/mol. The minimum atomic E-state index is -0.234. The van der Waals surface area contributed by atoms with Gasteiger partial charge in [0.1, 0.15) is 5.52 Å². The molecule has 4 aromatic rings. The van der Waals surface area contributed by atoms with Crippen molar-refractivity contribution in [1.29, 1.82) is 0 Å². The highest BCUT2D eigenvalue weighted by atomic mass is 16.5. The second-order valence-corrected chi connectivity index (χ2v) is 10.8. The van der Waals surface area contributed by atoms with Crippen molar-refractivity contribution in [3.8, 4) is 11.4 Å². The van der Waals surface area contributed by atoms with Crippen molar-refractivity contribution in [1.82, 2.24) is 39.9 Å². The van der Waals surface area contributed by atoms with E-state index in [1.165, 1.54) is 6.08 Å². The molecule has 0 spiro atoms. The summed E-state index contributed by atoms with van der Waals surface area (Å²) in [5, 5.41) is 15.8. The van der Waals surface area contributed by atoms with Crippen molar-refractivity contribution in [2.24, 2.45) is 0 Å². The Morgan fingerprint density at radius 2 is 1.90 bits per heavy atom. The van der Waals surface area contributed by atoms with E-state index >= 15 is 0 Å². The average Bonchev–Trinajstić information content (AvgIpc) is 3.62. The molecule has 0 unspecified atom stereocenters. The maximum Gasteiger partial charge on any atom is 0.244 e. The van der Waals surface area contributed by atoms with Crippen LogP contribution in [-0.2, 0) is 20.9 Å². The maximum absolute atomic E-state index is 12.6. The van der Waals surface area contributed by atoms with E-state index < -0.39 is 0 Å². The van der Waals surface area contributed by atoms with E-state index in [4.69, 9.17) is 14.8 Å². The van der Waals surface area contributed by atoms with E-state index in [0.29, 0.717) is 32.1 Å². The zero-order valence-electron chi connectivity index (χ0n) is 23.5. The van der Waals surface area contributed by atoms with Crippen LogP contribution in [0.4, 0.5) is 5.82 Å². The van der Waals surface area contributed by atoms with Gasteiger partial charge < -0.3 is 19.9 Å². The number of aromatic amines is 1. The van der Waals surface area contributed by atoms with Crippen LogP contribution in [0.15, 0.2) is 48.3 Å². The average molecular weight is 558 g/mol. The summed E-state index contributed by atoms with van der Waals surface area (Å²) in [6.07, 6.45) is 5.40. The molecule has 2 aliphatic heterocycles. The SMILES string of the molecule is CC(C)=CC(=O)NCC(=O)N1CCN(Cc2cc3c(N4CCOCC4)nc(-c4cccc5[nH]ncc45)nn3c2)CC1. The number of benzene rings is 1. The summed E-state index contributed by atoms with van der Waals surface area (Å²) in [4.78, 5) is 36.0. The molecule has 0 atom stereocenters. The number of ether oxygens (including phenoxy) is 1. The standard InChI is InChI=1S/C29H35N9O3/c1-20(2)14-26(39)30-17-27(40)36-8-6-35(7-9-36)18-21-15-25-29(37-10-12-41-13-11-37)32-28(34-38(25)19-21)22-4-3-5-24-23(22)16-31-33-24/h3-5,14-16,19H,6-13,17-18H2,1-2H3,(H,30,39)(H,31,33). The lowest BCUT2D eigenvalue weighted by Crippen LogP contribution is -2.50. The van der Waals surface area contributed by atoms with Gasteiger partial charge in [0.2, 0.25) is 11.8 Å². The number of nitrogens with zero attached hydrogens (tertiary/aromatic N) is 7. The zero-order valence-corrected chi connectivity index (χ0v) is 23.5. The smallest absolute Gasteiger partial charge is 0.244 e. The van der Waals surface area contributed by atoms with Crippen molar-refractivity contribution in [2.45, 2.75) is 20.4 Å². The van der Waals surface area contributed by atoms with Gasteiger partial charge in [0, 0.05) is 69.0 Å². The van der Waals surface area contributed by atoms with Crippen LogP contribution in [0.5, 0.6) is 0 Å². The van der Waals surface area contributed by atoms with Gasteiger partial charge in [0.05, 0.1) is 31.5 Å². The summed E-state index contributed by atoms with van der Waals surface area (Å²) in [6, 6.07) is 8.18. The second kappa shape index (κ2) is 11.7. The highest BCUT2D eigenvalue weighted by molar-refractivity contribution is 5.93. The molecular formula is C29H35N9O3. The minimum absolute atomic E-state index is 0.0192. The van der Waals surface area contributed by atoms with E-state index in [2.05, 4.69) is 37.6 Å². The number of H-pyrrole nitrogens is 1. The van der Waals surface area contributed by atoms with E-state index in [0.717, 1.165) is 71.7 Å². The van der Waals surface area contributed by atoms with Gasteiger partial charge in [0.15, 0.2) is 11.6 Å². The number of piperazine rings is 1. The van der Waals surface area contributed by atoms with E-state index in [-0.39, 0.29) is 18.4 Å². The number of hydrogen-bond donors (Lipinski definition) is 2. The molecule has 3 aromatic heterocycles. The van der Waals surface area contributed by atoms with Gasteiger partial charge in [-0.2, -0.15) is 5.10 Å². The summed E-state index contributed by atoms with van der Waals surface area (Å²) >= 11 is 0. The normalized spacial score (nSPS) is 16.3. The quantitative estimate of drug-likeness (QED) is 0.330. The number of carbonyl (C=O) groups is 2.